The fraction of sp³-hybridized carbons (Fsp3) is 0.0909. The predicted molar refractivity (Wildman–Crippen MR) is 63.5 cm³/mol. The second kappa shape index (κ2) is 4.21. The molecule has 80 valence electrons. The van der Waals surface area contributed by atoms with Gasteiger partial charge in [0.2, 0.25) is 0 Å². The minimum absolute atomic E-state index is 0.147. The molecule has 2 rings (SSSR count). The van der Waals surface area contributed by atoms with Gasteiger partial charge in [0.15, 0.2) is 0 Å². The van der Waals surface area contributed by atoms with E-state index in [9.17, 15) is 9.59 Å². The number of nitrogens with zero attached hydrogens (tertiary/aromatic N) is 1. The maximum atomic E-state index is 11.6. The molecule has 2 aromatic rings. The third-order valence-corrected chi connectivity index (χ3v) is 2.96. The van der Waals surface area contributed by atoms with Gasteiger partial charge < -0.3 is 0 Å². The number of terminal acetylenes is 1. The van der Waals surface area contributed by atoms with Gasteiger partial charge in [0.1, 0.15) is 0 Å². The first-order valence-electron chi connectivity index (χ1n) is 4.53. The summed E-state index contributed by atoms with van der Waals surface area (Å²) in [6.45, 7) is 0.147. The minimum Gasteiger partial charge on any atom is -0.288 e. The molecule has 0 fully saturated rings. The Morgan fingerprint density at radius 2 is 2.31 bits per heavy atom. The second-order valence-electron chi connectivity index (χ2n) is 3.11. The zero-order valence-corrected chi connectivity index (χ0v) is 9.08. The Morgan fingerprint density at radius 1 is 1.50 bits per heavy atom. The predicted octanol–water partition coefficient (Wildman–Crippen LogP) is 0.898. The van der Waals surface area contributed by atoms with Gasteiger partial charge in [-0.25, -0.2) is 4.79 Å². The van der Waals surface area contributed by atoms with Crippen LogP contribution in [0.1, 0.15) is 0 Å². The summed E-state index contributed by atoms with van der Waals surface area (Å²) in [5.41, 5.74) is -0.408. The van der Waals surface area contributed by atoms with Crippen molar-refractivity contribution in [3.05, 3.63) is 44.5 Å². The lowest BCUT2D eigenvalue weighted by Gasteiger charge is -2.02. The van der Waals surface area contributed by atoms with E-state index in [0.29, 0.717) is 5.56 Å². The highest BCUT2D eigenvalue weighted by Gasteiger charge is 2.06. The molecule has 0 amide bonds. The molecule has 1 N–H and O–H groups in total. The Labute approximate surface area is 95.2 Å². The lowest BCUT2D eigenvalue weighted by atomic mass is 10.3. The van der Waals surface area contributed by atoms with Crippen LogP contribution in [0.25, 0.3) is 10.4 Å². The molecule has 0 unspecified atom stereocenters. The molecule has 0 aliphatic heterocycles. The van der Waals surface area contributed by atoms with E-state index >= 15 is 0 Å². The third kappa shape index (κ3) is 1.83. The van der Waals surface area contributed by atoms with Crippen LogP contribution in [0.2, 0.25) is 0 Å². The van der Waals surface area contributed by atoms with Gasteiger partial charge in [0.25, 0.3) is 5.56 Å². The maximum absolute atomic E-state index is 11.6. The Morgan fingerprint density at radius 3 is 2.94 bits per heavy atom. The summed E-state index contributed by atoms with van der Waals surface area (Å²) in [5.74, 6) is 2.36. The summed E-state index contributed by atoms with van der Waals surface area (Å²) < 4.78 is 1.30. The number of rotatable bonds is 2. The van der Waals surface area contributed by atoms with Crippen LogP contribution in [-0.2, 0) is 6.54 Å². The molecule has 0 aliphatic carbocycles. The first kappa shape index (κ1) is 10.5. The van der Waals surface area contributed by atoms with Gasteiger partial charge in [0.05, 0.1) is 12.1 Å². The Kier molecular flexibility index (Phi) is 2.75. The van der Waals surface area contributed by atoms with Crippen molar-refractivity contribution >= 4 is 11.3 Å². The van der Waals surface area contributed by atoms with E-state index in [4.69, 9.17) is 6.42 Å². The van der Waals surface area contributed by atoms with Crippen molar-refractivity contribution in [3.63, 3.8) is 0 Å². The van der Waals surface area contributed by atoms with Crippen molar-refractivity contribution in [2.45, 2.75) is 6.54 Å². The minimum atomic E-state index is -0.483. The Hall–Kier alpha value is -2.06. The standard InChI is InChI=1S/C11H8N2O2S/c1-2-5-13-7-8(9-4-3-6-16-9)10(14)12-11(13)15/h1,3-4,6-7H,5H2,(H,12,14,15). The molecule has 4 nitrogen and oxygen atoms in total. The molecule has 0 aliphatic rings. The van der Waals surface area contributed by atoms with Crippen LogP contribution in [-0.4, -0.2) is 9.55 Å². The van der Waals surface area contributed by atoms with Crippen LogP contribution in [0.15, 0.2) is 33.3 Å². The van der Waals surface area contributed by atoms with E-state index in [1.165, 1.54) is 22.1 Å². The molecule has 0 atom stereocenters. The van der Waals surface area contributed by atoms with Crippen molar-refractivity contribution in [1.82, 2.24) is 9.55 Å². The van der Waals surface area contributed by atoms with Gasteiger partial charge in [-0.05, 0) is 11.4 Å². The SMILES string of the molecule is C#CCn1cc(-c2cccs2)c(=O)[nH]c1=O. The highest BCUT2D eigenvalue weighted by molar-refractivity contribution is 7.13. The van der Waals surface area contributed by atoms with Gasteiger partial charge in [-0.2, -0.15) is 0 Å². The average molecular weight is 232 g/mol. The van der Waals surface area contributed by atoms with Crippen molar-refractivity contribution < 1.29 is 0 Å². The van der Waals surface area contributed by atoms with Crippen LogP contribution >= 0.6 is 11.3 Å². The molecular weight excluding hydrogens is 224 g/mol. The van der Waals surface area contributed by atoms with Crippen molar-refractivity contribution in [1.29, 1.82) is 0 Å². The Balaban J connectivity index is 2.64. The molecule has 0 radical (unpaired) electrons. The smallest absolute Gasteiger partial charge is 0.288 e. The first-order chi connectivity index (χ1) is 7.72. The fourth-order valence-electron chi connectivity index (χ4n) is 1.33. The largest absolute Gasteiger partial charge is 0.329 e. The van der Waals surface area contributed by atoms with Gasteiger partial charge in [-0.3, -0.25) is 14.3 Å². The highest BCUT2D eigenvalue weighted by Crippen LogP contribution is 2.19. The average Bonchev–Trinajstić information content (AvgIpc) is 2.75. The lowest BCUT2D eigenvalue weighted by molar-refractivity contribution is 0.752. The number of thiophene rings is 1. The number of nitrogens with one attached hydrogen (secondary N) is 1. The van der Waals surface area contributed by atoms with Crippen LogP contribution < -0.4 is 11.2 Å². The topological polar surface area (TPSA) is 54.9 Å². The summed E-state index contributed by atoms with van der Waals surface area (Å²) in [7, 11) is 0. The second-order valence-corrected chi connectivity index (χ2v) is 4.06. The monoisotopic (exact) mass is 232 g/mol. The number of hydrogen-bond acceptors (Lipinski definition) is 3. The molecular formula is C11H8N2O2S. The van der Waals surface area contributed by atoms with E-state index < -0.39 is 5.69 Å². The van der Waals surface area contributed by atoms with Crippen LogP contribution in [0.4, 0.5) is 0 Å². The maximum Gasteiger partial charge on any atom is 0.329 e. The van der Waals surface area contributed by atoms with E-state index in [1.54, 1.807) is 0 Å². The lowest BCUT2D eigenvalue weighted by Crippen LogP contribution is -2.30. The zero-order valence-electron chi connectivity index (χ0n) is 8.27. The summed E-state index contributed by atoms with van der Waals surface area (Å²) in [6, 6.07) is 3.66. The molecule has 0 spiro atoms. The Bertz CT molecular complexity index is 644. The van der Waals surface area contributed by atoms with E-state index in [-0.39, 0.29) is 12.1 Å². The first-order valence-corrected chi connectivity index (χ1v) is 5.41. The normalized spacial score (nSPS) is 9.94. The molecule has 0 saturated heterocycles. The third-order valence-electron chi connectivity index (χ3n) is 2.06. The van der Waals surface area contributed by atoms with Crippen LogP contribution in [0.3, 0.4) is 0 Å². The number of H-pyrrole nitrogens is 1. The van der Waals surface area contributed by atoms with Crippen molar-refractivity contribution in [2.75, 3.05) is 0 Å². The van der Waals surface area contributed by atoms with Gasteiger partial charge in [0, 0.05) is 11.1 Å². The number of aromatic nitrogens is 2. The zero-order chi connectivity index (χ0) is 11.5. The van der Waals surface area contributed by atoms with Gasteiger partial charge in [-0.1, -0.05) is 12.0 Å². The summed E-state index contributed by atoms with van der Waals surface area (Å²) >= 11 is 1.44. The van der Waals surface area contributed by atoms with E-state index in [1.807, 2.05) is 17.5 Å². The highest BCUT2D eigenvalue weighted by atomic mass is 32.1. The quantitative estimate of drug-likeness (QED) is 0.782. The molecule has 2 heterocycles. The summed E-state index contributed by atoms with van der Waals surface area (Å²) in [6.07, 6.45) is 6.63. The fourth-order valence-corrected chi connectivity index (χ4v) is 2.07. The van der Waals surface area contributed by atoms with E-state index in [0.717, 1.165) is 4.88 Å². The molecule has 0 bridgehead atoms. The van der Waals surface area contributed by atoms with Gasteiger partial charge in [-0.15, -0.1) is 17.8 Å². The van der Waals surface area contributed by atoms with Crippen LogP contribution in [0.5, 0.6) is 0 Å². The summed E-state index contributed by atoms with van der Waals surface area (Å²) in [5, 5.41) is 1.87. The molecule has 0 saturated carbocycles. The molecule has 5 heteroatoms. The van der Waals surface area contributed by atoms with Crippen molar-refractivity contribution in [3.8, 4) is 22.8 Å². The van der Waals surface area contributed by atoms with Gasteiger partial charge >= 0.3 is 5.69 Å². The van der Waals surface area contributed by atoms with Crippen LogP contribution in [0, 0.1) is 12.3 Å². The molecule has 2 aromatic heterocycles. The summed E-state index contributed by atoms with van der Waals surface area (Å²) in [4.78, 5) is 26.0. The molecule has 16 heavy (non-hydrogen) atoms. The number of hydrogen-bond donors (Lipinski definition) is 1. The molecule has 0 aromatic carbocycles. The van der Waals surface area contributed by atoms with E-state index in [2.05, 4.69) is 10.9 Å². The number of aromatic amines is 1. The van der Waals surface area contributed by atoms with Crippen molar-refractivity contribution in [2.24, 2.45) is 0 Å².